The van der Waals surface area contributed by atoms with E-state index in [9.17, 15) is 4.79 Å². The lowest BCUT2D eigenvalue weighted by Gasteiger charge is -2.19. The first-order valence-corrected chi connectivity index (χ1v) is 5.99. The lowest BCUT2D eigenvalue weighted by Crippen LogP contribution is -3.06. The highest BCUT2D eigenvalue weighted by molar-refractivity contribution is 5.69. The van der Waals surface area contributed by atoms with Crippen molar-refractivity contribution < 1.29 is 37.1 Å². The smallest absolute Gasteiger partial charge is 0.307 e. The summed E-state index contributed by atoms with van der Waals surface area (Å²) in [4.78, 5) is 14.4. The third kappa shape index (κ3) is 12.1. The molecule has 0 atom stereocenters. The molecule has 18 heavy (non-hydrogen) atoms. The zero-order chi connectivity index (χ0) is 13.1. The molecule has 0 aliphatic rings. The van der Waals surface area contributed by atoms with Crippen LogP contribution in [0.2, 0.25) is 0 Å². The summed E-state index contributed by atoms with van der Waals surface area (Å²) in [5.41, 5.74) is 0. The molecule has 0 aromatic carbocycles. The minimum Gasteiger partial charge on any atom is -1.00 e. The second kappa shape index (κ2) is 13.0. The van der Waals surface area contributed by atoms with E-state index in [1.54, 1.807) is 0 Å². The summed E-state index contributed by atoms with van der Waals surface area (Å²) in [6, 6.07) is 0. The monoisotopic (exact) mass is 284 g/mol. The Bertz CT molecular complexity index is 199. The topological polar surface area (TPSA) is 74.4 Å². The largest absolute Gasteiger partial charge is 1.00 e. The molecule has 3 N–H and O–H groups in total. The fourth-order valence-corrected chi connectivity index (χ4v) is 1.31. The Morgan fingerprint density at radius 3 is 2.17 bits per heavy atom. The van der Waals surface area contributed by atoms with E-state index in [1.807, 2.05) is 19.0 Å². The van der Waals surface area contributed by atoms with Crippen molar-refractivity contribution in [1.82, 2.24) is 4.90 Å². The van der Waals surface area contributed by atoms with Crippen LogP contribution in [0, 0.1) is 0 Å². The quantitative estimate of drug-likeness (QED) is 0.349. The predicted octanol–water partition coefficient (Wildman–Crippen LogP) is -5.65. The molecule has 110 valence electrons. The third-order valence-electron chi connectivity index (χ3n) is 2.33. The van der Waals surface area contributed by atoms with Crippen molar-refractivity contribution in [2.75, 3.05) is 60.1 Å². The van der Waals surface area contributed by atoms with Gasteiger partial charge in [0.05, 0.1) is 33.7 Å². The Balaban J connectivity index is 0. The molecule has 0 radical (unpaired) electrons. The Labute approximate surface area is 115 Å². The Morgan fingerprint density at radius 2 is 1.72 bits per heavy atom. The number of aliphatic hydroxyl groups is 2. The van der Waals surface area contributed by atoms with Crippen molar-refractivity contribution in [2.45, 2.75) is 6.42 Å². The number of ether oxygens (including phenoxy) is 1. The number of halogens is 1. The number of hydrogen-bond donors (Lipinski definition) is 3. The number of esters is 1. The van der Waals surface area contributed by atoms with Gasteiger partial charge in [0, 0.05) is 19.6 Å². The molecule has 0 aromatic rings. The molecule has 0 saturated carbocycles. The molecule has 0 rings (SSSR count). The van der Waals surface area contributed by atoms with Gasteiger partial charge < -0.3 is 32.3 Å². The molecule has 0 heterocycles. The standard InChI is InChI=1S/C11H24N2O4.ClH/c1-12(2)7-10-17-11(16)3-4-13(5-8-14)6-9-15;/h14-15H,3-10H2,1-2H3;1H. The average Bonchev–Trinajstić information content (AvgIpc) is 2.26. The zero-order valence-corrected chi connectivity index (χ0v) is 11.9. The van der Waals surface area contributed by atoms with Crippen molar-refractivity contribution in [2.24, 2.45) is 0 Å². The first kappa shape index (κ1) is 19.9. The number of rotatable bonds is 10. The van der Waals surface area contributed by atoms with Gasteiger partial charge in [-0.2, -0.15) is 0 Å². The van der Waals surface area contributed by atoms with Crippen LogP contribution in [0.15, 0.2) is 0 Å². The number of aliphatic hydroxyl groups excluding tert-OH is 2. The molecular formula is C11H25ClN2O4. The summed E-state index contributed by atoms with van der Waals surface area (Å²) < 4.78 is 5.05. The molecule has 0 fully saturated rings. The van der Waals surface area contributed by atoms with E-state index in [4.69, 9.17) is 14.9 Å². The van der Waals surface area contributed by atoms with E-state index < -0.39 is 0 Å². The molecular weight excluding hydrogens is 260 g/mol. The highest BCUT2D eigenvalue weighted by Crippen LogP contribution is 1.93. The number of nitrogens with zero attached hydrogens (tertiary/aromatic N) is 1. The fraction of sp³-hybridized carbons (Fsp3) is 0.909. The number of likely N-dealkylation sites (N-methyl/N-ethyl adjacent to an activating group) is 1. The molecule has 0 bridgehead atoms. The summed E-state index contributed by atoms with van der Waals surface area (Å²) in [6.45, 7) is 2.72. The molecule has 0 spiro atoms. The Kier molecular flexibility index (Phi) is 14.4. The fourth-order valence-electron chi connectivity index (χ4n) is 1.31. The summed E-state index contributed by atoms with van der Waals surface area (Å²) >= 11 is 0. The maximum absolute atomic E-state index is 11.4. The Morgan fingerprint density at radius 1 is 1.17 bits per heavy atom. The zero-order valence-electron chi connectivity index (χ0n) is 11.2. The molecule has 0 saturated heterocycles. The summed E-state index contributed by atoms with van der Waals surface area (Å²) in [6.07, 6.45) is 0.294. The van der Waals surface area contributed by atoms with Gasteiger partial charge in [0.1, 0.15) is 13.2 Å². The van der Waals surface area contributed by atoms with Gasteiger partial charge in [-0.25, -0.2) is 0 Å². The minimum absolute atomic E-state index is 0. The molecule has 0 amide bonds. The van der Waals surface area contributed by atoms with Crippen LogP contribution in [0.1, 0.15) is 6.42 Å². The average molecular weight is 285 g/mol. The number of carbonyl (C=O) groups excluding carboxylic acids is 1. The van der Waals surface area contributed by atoms with Crippen molar-refractivity contribution in [3.8, 4) is 0 Å². The van der Waals surface area contributed by atoms with Crippen LogP contribution in [0.3, 0.4) is 0 Å². The van der Waals surface area contributed by atoms with E-state index in [0.717, 1.165) is 6.54 Å². The van der Waals surface area contributed by atoms with Gasteiger partial charge in [0.15, 0.2) is 0 Å². The van der Waals surface area contributed by atoms with Crippen molar-refractivity contribution in [1.29, 1.82) is 0 Å². The van der Waals surface area contributed by atoms with Crippen LogP contribution < -0.4 is 17.3 Å². The van der Waals surface area contributed by atoms with Gasteiger partial charge >= 0.3 is 5.97 Å². The number of nitrogens with one attached hydrogen (secondary N) is 1. The SMILES string of the molecule is C[NH+](C)CCOC(=O)CCN(CCO)CCO.[Cl-]. The van der Waals surface area contributed by atoms with Gasteiger partial charge in [0.25, 0.3) is 0 Å². The lowest BCUT2D eigenvalue weighted by molar-refractivity contribution is -0.858. The molecule has 7 heteroatoms. The van der Waals surface area contributed by atoms with Crippen LogP contribution in [-0.4, -0.2) is 81.2 Å². The highest BCUT2D eigenvalue weighted by Gasteiger charge is 2.08. The van der Waals surface area contributed by atoms with Crippen molar-refractivity contribution >= 4 is 5.97 Å². The van der Waals surface area contributed by atoms with E-state index >= 15 is 0 Å². The minimum atomic E-state index is -0.230. The molecule has 0 aliphatic carbocycles. The van der Waals surface area contributed by atoms with Crippen molar-refractivity contribution in [3.63, 3.8) is 0 Å². The van der Waals surface area contributed by atoms with Crippen LogP contribution in [0.4, 0.5) is 0 Å². The van der Waals surface area contributed by atoms with Gasteiger partial charge in [-0.3, -0.25) is 9.69 Å². The summed E-state index contributed by atoms with van der Waals surface area (Å²) in [7, 11) is 4.00. The maximum atomic E-state index is 11.4. The molecule has 6 nitrogen and oxygen atoms in total. The van der Waals surface area contributed by atoms with Crippen LogP contribution in [0.25, 0.3) is 0 Å². The second-order valence-corrected chi connectivity index (χ2v) is 4.22. The summed E-state index contributed by atoms with van der Waals surface area (Å²) in [5, 5.41) is 17.6. The van der Waals surface area contributed by atoms with Crippen LogP contribution >= 0.6 is 0 Å². The first-order chi connectivity index (χ1) is 8.10. The lowest BCUT2D eigenvalue weighted by atomic mass is 10.3. The molecule has 0 unspecified atom stereocenters. The van der Waals surface area contributed by atoms with Crippen molar-refractivity contribution in [3.05, 3.63) is 0 Å². The van der Waals surface area contributed by atoms with Gasteiger partial charge in [-0.05, 0) is 0 Å². The number of carbonyl (C=O) groups is 1. The van der Waals surface area contributed by atoms with E-state index in [0.29, 0.717) is 32.7 Å². The van der Waals surface area contributed by atoms with E-state index in [-0.39, 0.29) is 31.6 Å². The second-order valence-electron chi connectivity index (χ2n) is 4.22. The Hall–Kier alpha value is -0.400. The predicted molar refractivity (Wildman–Crippen MR) is 63.9 cm³/mol. The first-order valence-electron chi connectivity index (χ1n) is 5.99. The molecule has 0 aliphatic heterocycles. The van der Waals surface area contributed by atoms with Crippen LogP contribution in [-0.2, 0) is 9.53 Å². The van der Waals surface area contributed by atoms with E-state index in [2.05, 4.69) is 0 Å². The number of quaternary nitrogens is 1. The van der Waals surface area contributed by atoms with Crippen LogP contribution in [0.5, 0.6) is 0 Å². The summed E-state index contributed by atoms with van der Waals surface area (Å²) in [5.74, 6) is -0.230. The maximum Gasteiger partial charge on any atom is 0.307 e. The highest BCUT2D eigenvalue weighted by atomic mass is 35.5. The number of hydrogen-bond acceptors (Lipinski definition) is 5. The van der Waals surface area contributed by atoms with E-state index in [1.165, 1.54) is 4.90 Å². The molecule has 0 aromatic heterocycles. The van der Waals surface area contributed by atoms with Gasteiger partial charge in [0.2, 0.25) is 0 Å². The van der Waals surface area contributed by atoms with Gasteiger partial charge in [-0.1, -0.05) is 0 Å². The third-order valence-corrected chi connectivity index (χ3v) is 2.33. The van der Waals surface area contributed by atoms with Gasteiger partial charge in [-0.15, -0.1) is 0 Å². The normalized spacial score (nSPS) is 10.6.